The largest absolute Gasteiger partial charge is 0.508 e. The lowest BCUT2D eigenvalue weighted by molar-refractivity contribution is -0.135. The summed E-state index contributed by atoms with van der Waals surface area (Å²) < 4.78 is 38.8. The summed E-state index contributed by atoms with van der Waals surface area (Å²) >= 11 is 6.25. The van der Waals surface area contributed by atoms with Crippen molar-refractivity contribution in [3.8, 4) is 5.75 Å². The number of urea groups is 1. The molecule has 2 aromatic rings. The molecular weight excluding hydrogens is 521 g/mol. The fraction of sp³-hybridized carbons (Fsp3) is 0.346. The van der Waals surface area contributed by atoms with Crippen molar-refractivity contribution in [2.24, 2.45) is 10.7 Å². The van der Waals surface area contributed by atoms with Crippen LogP contribution in [-0.4, -0.2) is 71.9 Å². The fourth-order valence-electron chi connectivity index (χ4n) is 3.88. The van der Waals surface area contributed by atoms with Crippen LogP contribution in [0.4, 0.5) is 18.0 Å². The van der Waals surface area contributed by atoms with Crippen LogP contribution in [0.2, 0.25) is 5.02 Å². The molecule has 5 N–H and O–H groups in total. The van der Waals surface area contributed by atoms with Crippen LogP contribution in [0.25, 0.3) is 0 Å². The molecule has 0 saturated carbocycles. The SMILES string of the molecule is CN1CC/C(=C(/N)CNC(=O)N(CCC(F)(F)F)C(=N)c2ccc(O)cc2)C(=NCc2ccccc2Cl)C1. The number of hydrogen-bond donors (Lipinski definition) is 4. The van der Waals surface area contributed by atoms with Crippen molar-refractivity contribution in [3.05, 3.63) is 76.0 Å². The molecule has 1 aliphatic heterocycles. The molecule has 1 heterocycles. The number of nitrogens with one attached hydrogen (secondary N) is 2. The van der Waals surface area contributed by atoms with E-state index >= 15 is 0 Å². The van der Waals surface area contributed by atoms with Gasteiger partial charge in [0.15, 0.2) is 0 Å². The van der Waals surface area contributed by atoms with Gasteiger partial charge < -0.3 is 21.1 Å². The number of phenols is 1. The molecule has 0 aromatic heterocycles. The Hall–Kier alpha value is -3.57. The van der Waals surface area contributed by atoms with Gasteiger partial charge in [-0.1, -0.05) is 29.8 Å². The maximum atomic E-state index is 12.9. The first kappa shape index (κ1) is 29.0. The van der Waals surface area contributed by atoms with E-state index in [0.29, 0.717) is 35.1 Å². The van der Waals surface area contributed by atoms with Gasteiger partial charge in [-0.2, -0.15) is 13.2 Å². The van der Waals surface area contributed by atoms with Crippen molar-refractivity contribution in [2.75, 3.05) is 33.2 Å². The van der Waals surface area contributed by atoms with E-state index in [1.165, 1.54) is 24.3 Å². The van der Waals surface area contributed by atoms with Crippen molar-refractivity contribution in [3.63, 3.8) is 0 Å². The molecule has 0 aliphatic carbocycles. The lowest BCUT2D eigenvalue weighted by Crippen LogP contribution is -2.46. The van der Waals surface area contributed by atoms with Crippen molar-refractivity contribution in [1.82, 2.24) is 15.1 Å². The standard InChI is InChI=1S/C26H30ClF3N6O2/c1-35-12-10-20(23(16-35)33-14-18-4-2-3-5-21(18)27)22(31)15-34-25(38)36(13-11-26(28,29)30)24(32)17-6-8-19(37)9-7-17/h2-9,32,37H,10-16,31H2,1H3,(H,34,38)/b22-20-,32-24?,33-23?. The van der Waals surface area contributed by atoms with Crippen molar-refractivity contribution >= 4 is 29.2 Å². The molecule has 0 radical (unpaired) electrons. The number of halogens is 4. The molecule has 0 spiro atoms. The number of aliphatic imine (C=N–C) groups is 1. The van der Waals surface area contributed by atoms with E-state index in [-0.39, 0.29) is 17.9 Å². The van der Waals surface area contributed by atoms with E-state index in [1.54, 1.807) is 6.07 Å². The zero-order chi connectivity index (χ0) is 27.9. The second-order valence-electron chi connectivity index (χ2n) is 8.92. The first-order valence-corrected chi connectivity index (χ1v) is 12.3. The number of rotatable bonds is 7. The third-order valence-corrected chi connectivity index (χ3v) is 6.37. The second kappa shape index (κ2) is 12.8. The van der Waals surface area contributed by atoms with Gasteiger partial charge >= 0.3 is 12.2 Å². The molecule has 1 saturated heterocycles. The smallest absolute Gasteiger partial charge is 0.390 e. The predicted molar refractivity (Wildman–Crippen MR) is 142 cm³/mol. The number of hydrogen-bond acceptors (Lipinski definition) is 6. The average molecular weight is 551 g/mol. The molecule has 8 nitrogen and oxygen atoms in total. The molecule has 1 fully saturated rings. The summed E-state index contributed by atoms with van der Waals surface area (Å²) in [6.45, 7) is 0.728. The van der Waals surface area contributed by atoms with Gasteiger partial charge in [-0.15, -0.1) is 0 Å². The molecule has 12 heteroatoms. The minimum Gasteiger partial charge on any atom is -0.508 e. The maximum Gasteiger partial charge on any atom is 0.390 e. The van der Waals surface area contributed by atoms with E-state index in [4.69, 9.17) is 27.7 Å². The molecule has 1 aliphatic rings. The summed E-state index contributed by atoms with van der Waals surface area (Å²) in [4.78, 5) is 20.4. The number of benzene rings is 2. The van der Waals surface area contributed by atoms with Gasteiger partial charge in [0.2, 0.25) is 0 Å². The second-order valence-corrected chi connectivity index (χ2v) is 9.32. The van der Waals surface area contributed by atoms with Crippen LogP contribution >= 0.6 is 11.6 Å². The number of piperidine rings is 1. The van der Waals surface area contributed by atoms with Gasteiger partial charge in [0, 0.05) is 35.9 Å². The van der Waals surface area contributed by atoms with Gasteiger partial charge in [0.05, 0.1) is 25.2 Å². The zero-order valence-electron chi connectivity index (χ0n) is 20.9. The summed E-state index contributed by atoms with van der Waals surface area (Å²) in [6, 6.07) is 11.7. The minimum atomic E-state index is -4.52. The van der Waals surface area contributed by atoms with E-state index < -0.39 is 31.0 Å². The van der Waals surface area contributed by atoms with Crippen molar-refractivity contribution < 1.29 is 23.1 Å². The highest BCUT2D eigenvalue weighted by molar-refractivity contribution is 6.31. The van der Waals surface area contributed by atoms with Crippen molar-refractivity contribution in [2.45, 2.75) is 25.6 Å². The Bertz CT molecular complexity index is 1210. The number of likely N-dealkylation sites (tertiary alicyclic amines) is 1. The van der Waals surface area contributed by atoms with Gasteiger partial charge in [0.1, 0.15) is 11.6 Å². The van der Waals surface area contributed by atoms with Gasteiger partial charge in [-0.25, -0.2) is 4.79 Å². The van der Waals surface area contributed by atoms with Crippen LogP contribution in [0.1, 0.15) is 24.0 Å². The lowest BCUT2D eigenvalue weighted by atomic mass is 9.99. The Morgan fingerprint density at radius 3 is 2.58 bits per heavy atom. The maximum absolute atomic E-state index is 12.9. The highest BCUT2D eigenvalue weighted by Gasteiger charge is 2.31. The lowest BCUT2D eigenvalue weighted by Gasteiger charge is -2.28. The topological polar surface area (TPSA) is 118 Å². The molecule has 3 rings (SSSR count). The normalized spacial score (nSPS) is 16.8. The molecule has 2 amide bonds. The molecule has 204 valence electrons. The quantitative estimate of drug-likeness (QED) is 0.299. The summed E-state index contributed by atoms with van der Waals surface area (Å²) in [7, 11) is 1.95. The molecule has 38 heavy (non-hydrogen) atoms. The van der Waals surface area contributed by atoms with Crippen LogP contribution in [0.3, 0.4) is 0 Å². The highest BCUT2D eigenvalue weighted by atomic mass is 35.5. The van der Waals surface area contributed by atoms with Crippen LogP contribution in [0.15, 0.2) is 64.8 Å². The Labute approximate surface area is 224 Å². The van der Waals surface area contributed by atoms with Crippen LogP contribution in [-0.2, 0) is 6.54 Å². The Morgan fingerprint density at radius 2 is 1.92 bits per heavy atom. The van der Waals surface area contributed by atoms with Crippen LogP contribution in [0.5, 0.6) is 5.75 Å². The number of amidine groups is 1. The first-order chi connectivity index (χ1) is 17.9. The minimum absolute atomic E-state index is 0.0719. The third kappa shape index (κ3) is 8.22. The molecule has 0 unspecified atom stereocenters. The average Bonchev–Trinajstić information content (AvgIpc) is 2.86. The number of carbonyl (C=O) groups is 1. The van der Waals surface area contributed by atoms with Gasteiger partial charge in [-0.05, 0) is 54.9 Å². The highest BCUT2D eigenvalue weighted by Crippen LogP contribution is 2.22. The molecule has 0 atom stereocenters. The number of phenolic OH excluding ortho intramolecular Hbond substituents is 1. The Morgan fingerprint density at radius 1 is 1.24 bits per heavy atom. The van der Waals surface area contributed by atoms with E-state index in [9.17, 15) is 23.1 Å². The van der Waals surface area contributed by atoms with Crippen LogP contribution in [0, 0.1) is 5.41 Å². The number of alkyl halides is 3. The first-order valence-electron chi connectivity index (χ1n) is 11.9. The van der Waals surface area contributed by atoms with Gasteiger partial charge in [-0.3, -0.25) is 15.3 Å². The van der Waals surface area contributed by atoms with E-state index in [1.807, 2.05) is 25.2 Å². The Balaban J connectivity index is 1.77. The molecule has 2 aromatic carbocycles. The fourth-order valence-corrected chi connectivity index (χ4v) is 4.07. The summed E-state index contributed by atoms with van der Waals surface area (Å²) in [6.07, 6.45) is -5.22. The zero-order valence-corrected chi connectivity index (χ0v) is 21.6. The predicted octanol–water partition coefficient (Wildman–Crippen LogP) is 4.52. The molecule has 0 bridgehead atoms. The summed E-state index contributed by atoms with van der Waals surface area (Å²) in [5.74, 6) is -0.503. The molecular formula is C26H30ClF3N6O2. The third-order valence-electron chi connectivity index (χ3n) is 6.00. The van der Waals surface area contributed by atoms with E-state index in [0.717, 1.165) is 23.4 Å². The number of nitrogens with zero attached hydrogens (tertiary/aromatic N) is 3. The Kier molecular flexibility index (Phi) is 9.76. The number of aromatic hydroxyl groups is 1. The number of amides is 2. The van der Waals surface area contributed by atoms with E-state index in [2.05, 4.69) is 10.2 Å². The van der Waals surface area contributed by atoms with Gasteiger partial charge in [0.25, 0.3) is 0 Å². The van der Waals surface area contributed by atoms with Crippen molar-refractivity contribution in [1.29, 1.82) is 5.41 Å². The summed E-state index contributed by atoms with van der Waals surface area (Å²) in [5.41, 5.74) is 9.23. The number of carbonyl (C=O) groups excluding carboxylic acids is 1. The monoisotopic (exact) mass is 550 g/mol. The summed E-state index contributed by atoms with van der Waals surface area (Å²) in [5, 5.41) is 20.9. The number of nitrogens with two attached hydrogens (primary N) is 1. The van der Waals surface area contributed by atoms with Crippen LogP contribution < -0.4 is 11.1 Å².